The Kier molecular flexibility index (Phi) is 6.06. The predicted molar refractivity (Wildman–Crippen MR) is 83.8 cm³/mol. The van der Waals surface area contributed by atoms with Crippen molar-refractivity contribution >= 4 is 11.6 Å². The van der Waals surface area contributed by atoms with E-state index in [-0.39, 0.29) is 0 Å². The molecule has 0 spiro atoms. The van der Waals surface area contributed by atoms with Gasteiger partial charge in [-0.05, 0) is 49.1 Å². The number of aliphatic hydroxyl groups is 1. The van der Waals surface area contributed by atoms with Crippen LogP contribution in [0.2, 0.25) is 5.02 Å². The summed E-state index contributed by atoms with van der Waals surface area (Å²) in [7, 11) is 0. The van der Waals surface area contributed by atoms with E-state index < -0.39 is 6.23 Å². The molecule has 0 aromatic heterocycles. The van der Waals surface area contributed by atoms with Gasteiger partial charge in [-0.3, -0.25) is 5.32 Å². The minimum atomic E-state index is -0.648. The molecule has 2 aromatic rings. The van der Waals surface area contributed by atoms with Gasteiger partial charge in [-0.25, -0.2) is 0 Å². The first kappa shape index (κ1) is 15.0. The third-order valence-electron chi connectivity index (χ3n) is 3.24. The number of hydrogen-bond acceptors (Lipinski definition) is 2. The molecule has 2 rings (SSSR count). The summed E-state index contributed by atoms with van der Waals surface area (Å²) < 4.78 is 0. The van der Waals surface area contributed by atoms with Gasteiger partial charge >= 0.3 is 0 Å². The van der Waals surface area contributed by atoms with E-state index in [9.17, 15) is 5.11 Å². The summed E-state index contributed by atoms with van der Waals surface area (Å²) in [5.74, 6) is 0. The number of aliphatic hydroxyl groups excluding tert-OH is 1. The maximum atomic E-state index is 9.99. The van der Waals surface area contributed by atoms with E-state index in [1.807, 2.05) is 18.2 Å². The van der Waals surface area contributed by atoms with Gasteiger partial charge < -0.3 is 5.11 Å². The summed E-state index contributed by atoms with van der Waals surface area (Å²) in [4.78, 5) is 0. The van der Waals surface area contributed by atoms with Crippen LogP contribution in [0, 0.1) is 0 Å². The van der Waals surface area contributed by atoms with Crippen molar-refractivity contribution in [2.45, 2.75) is 25.5 Å². The molecule has 3 heteroatoms. The van der Waals surface area contributed by atoms with Crippen molar-refractivity contribution in [1.82, 2.24) is 5.32 Å². The van der Waals surface area contributed by atoms with Crippen LogP contribution in [0.1, 0.15) is 30.2 Å². The van der Waals surface area contributed by atoms with Crippen LogP contribution in [0.15, 0.2) is 54.6 Å². The van der Waals surface area contributed by atoms with E-state index in [2.05, 4.69) is 29.6 Å². The van der Waals surface area contributed by atoms with Gasteiger partial charge in [0, 0.05) is 5.02 Å². The number of hydrogen-bond donors (Lipinski definition) is 2. The molecule has 2 aromatic carbocycles. The number of aryl methyl sites for hydroxylation is 1. The first-order valence-corrected chi connectivity index (χ1v) is 7.34. The highest BCUT2D eigenvalue weighted by atomic mass is 35.5. The third kappa shape index (κ3) is 4.97. The Morgan fingerprint density at radius 3 is 2.55 bits per heavy atom. The molecule has 2 nitrogen and oxygen atoms in total. The zero-order valence-electron chi connectivity index (χ0n) is 11.4. The summed E-state index contributed by atoms with van der Waals surface area (Å²) in [6, 6.07) is 17.8. The number of benzene rings is 2. The van der Waals surface area contributed by atoms with E-state index in [0.717, 1.165) is 31.4 Å². The Balaban J connectivity index is 1.66. The largest absolute Gasteiger partial charge is 0.374 e. The third-order valence-corrected chi connectivity index (χ3v) is 3.47. The lowest BCUT2D eigenvalue weighted by molar-refractivity contribution is 0.139. The Morgan fingerprint density at radius 2 is 1.80 bits per heavy atom. The van der Waals surface area contributed by atoms with Crippen LogP contribution in [0.3, 0.4) is 0 Å². The maximum absolute atomic E-state index is 9.99. The highest BCUT2D eigenvalue weighted by Crippen LogP contribution is 2.15. The summed E-state index contributed by atoms with van der Waals surface area (Å²) in [6.45, 7) is 0.792. The molecule has 0 aliphatic carbocycles. The molecule has 0 saturated heterocycles. The molecule has 0 fully saturated rings. The van der Waals surface area contributed by atoms with Crippen LogP contribution in [-0.2, 0) is 6.42 Å². The van der Waals surface area contributed by atoms with Crippen molar-refractivity contribution in [1.29, 1.82) is 0 Å². The van der Waals surface area contributed by atoms with Gasteiger partial charge in [0.2, 0.25) is 0 Å². The summed E-state index contributed by atoms with van der Waals surface area (Å²) in [5, 5.41) is 13.7. The molecule has 0 heterocycles. The zero-order chi connectivity index (χ0) is 14.2. The van der Waals surface area contributed by atoms with Gasteiger partial charge in [0.1, 0.15) is 6.23 Å². The molecule has 0 saturated carbocycles. The van der Waals surface area contributed by atoms with Crippen molar-refractivity contribution in [3.63, 3.8) is 0 Å². The Hall–Kier alpha value is -1.35. The van der Waals surface area contributed by atoms with Gasteiger partial charge in [0.15, 0.2) is 0 Å². The number of unbranched alkanes of at least 4 members (excludes halogenated alkanes) is 1. The van der Waals surface area contributed by atoms with Crippen molar-refractivity contribution < 1.29 is 5.11 Å². The first-order valence-electron chi connectivity index (χ1n) is 6.96. The first-order chi connectivity index (χ1) is 9.75. The number of halogens is 1. The molecule has 0 aliphatic rings. The molecule has 0 radical (unpaired) electrons. The fourth-order valence-corrected chi connectivity index (χ4v) is 2.33. The van der Waals surface area contributed by atoms with Crippen LogP contribution in [0.5, 0.6) is 0 Å². The Labute approximate surface area is 125 Å². The number of rotatable bonds is 7. The Morgan fingerprint density at radius 1 is 1.00 bits per heavy atom. The Bertz CT molecular complexity index is 515. The average molecular weight is 290 g/mol. The maximum Gasteiger partial charge on any atom is 0.131 e. The van der Waals surface area contributed by atoms with E-state index >= 15 is 0 Å². The van der Waals surface area contributed by atoms with Crippen LogP contribution in [0.4, 0.5) is 0 Å². The quantitative estimate of drug-likeness (QED) is 0.598. The van der Waals surface area contributed by atoms with Crippen LogP contribution < -0.4 is 5.32 Å². The highest BCUT2D eigenvalue weighted by Gasteiger charge is 2.06. The van der Waals surface area contributed by atoms with Crippen molar-refractivity contribution in [2.75, 3.05) is 6.54 Å². The molecule has 1 atom stereocenters. The zero-order valence-corrected chi connectivity index (χ0v) is 12.2. The fraction of sp³-hybridized carbons (Fsp3) is 0.294. The minimum Gasteiger partial charge on any atom is -0.374 e. The second-order valence-electron chi connectivity index (χ2n) is 4.85. The second kappa shape index (κ2) is 8.05. The van der Waals surface area contributed by atoms with E-state index in [1.165, 1.54) is 5.56 Å². The lowest BCUT2D eigenvalue weighted by Crippen LogP contribution is -2.22. The molecule has 0 aliphatic heterocycles. The van der Waals surface area contributed by atoms with Gasteiger partial charge in [0.05, 0.1) is 0 Å². The van der Waals surface area contributed by atoms with Gasteiger partial charge in [-0.1, -0.05) is 54.1 Å². The van der Waals surface area contributed by atoms with Crippen molar-refractivity contribution in [2.24, 2.45) is 0 Å². The molecule has 1 unspecified atom stereocenters. The SMILES string of the molecule is OC(NCCCCc1ccccc1)c1cccc(Cl)c1. The minimum absolute atomic E-state index is 0.646. The highest BCUT2D eigenvalue weighted by molar-refractivity contribution is 6.30. The van der Waals surface area contributed by atoms with Gasteiger partial charge in [0.25, 0.3) is 0 Å². The molecule has 20 heavy (non-hydrogen) atoms. The van der Waals surface area contributed by atoms with E-state index in [4.69, 9.17) is 11.6 Å². The molecule has 106 valence electrons. The summed E-state index contributed by atoms with van der Waals surface area (Å²) >= 11 is 5.90. The van der Waals surface area contributed by atoms with Gasteiger partial charge in [-0.2, -0.15) is 0 Å². The smallest absolute Gasteiger partial charge is 0.131 e. The molecular weight excluding hydrogens is 270 g/mol. The molecule has 2 N–H and O–H groups in total. The fourth-order valence-electron chi connectivity index (χ4n) is 2.13. The number of nitrogens with one attached hydrogen (secondary N) is 1. The lowest BCUT2D eigenvalue weighted by atomic mass is 10.1. The van der Waals surface area contributed by atoms with E-state index in [0.29, 0.717) is 5.02 Å². The monoisotopic (exact) mass is 289 g/mol. The van der Waals surface area contributed by atoms with Crippen LogP contribution >= 0.6 is 11.6 Å². The molecular formula is C17H20ClNO. The molecule has 0 bridgehead atoms. The standard InChI is InChI=1S/C17H20ClNO/c18-16-11-6-10-15(13-16)17(20)19-12-5-4-9-14-7-2-1-3-8-14/h1-3,6-8,10-11,13,17,19-20H,4-5,9,12H2. The van der Waals surface area contributed by atoms with Gasteiger partial charge in [-0.15, -0.1) is 0 Å². The molecule has 0 amide bonds. The van der Waals surface area contributed by atoms with Crippen molar-refractivity contribution in [3.8, 4) is 0 Å². The summed E-state index contributed by atoms with van der Waals surface area (Å²) in [5.41, 5.74) is 2.17. The predicted octanol–water partition coefficient (Wildman–Crippen LogP) is 3.94. The topological polar surface area (TPSA) is 32.3 Å². The lowest BCUT2D eigenvalue weighted by Gasteiger charge is -2.13. The van der Waals surface area contributed by atoms with Crippen molar-refractivity contribution in [3.05, 3.63) is 70.7 Å². The normalized spacial score (nSPS) is 12.3. The van der Waals surface area contributed by atoms with E-state index in [1.54, 1.807) is 12.1 Å². The summed E-state index contributed by atoms with van der Waals surface area (Å²) in [6.07, 6.45) is 2.58. The van der Waals surface area contributed by atoms with Crippen LogP contribution in [-0.4, -0.2) is 11.7 Å². The second-order valence-corrected chi connectivity index (χ2v) is 5.29. The van der Waals surface area contributed by atoms with Crippen LogP contribution in [0.25, 0.3) is 0 Å². The average Bonchev–Trinajstić information content (AvgIpc) is 2.48.